The minimum atomic E-state index is -1.93. The van der Waals surface area contributed by atoms with Crippen molar-refractivity contribution < 1.29 is 18.5 Å². The minimum Gasteiger partial charge on any atom is -0.476 e. The van der Waals surface area contributed by atoms with Crippen molar-refractivity contribution in [3.05, 3.63) is 106 Å². The normalized spacial score (nSPS) is 13.9. The maximum absolute atomic E-state index is 14.9. The van der Waals surface area contributed by atoms with Crippen molar-refractivity contribution >= 4 is 28.3 Å². The van der Waals surface area contributed by atoms with E-state index in [2.05, 4.69) is 55.2 Å². The largest absolute Gasteiger partial charge is 0.476 e. The van der Waals surface area contributed by atoms with Gasteiger partial charge in [-0.05, 0) is 71.6 Å². The smallest absolute Gasteiger partial charge is 0.355 e. The van der Waals surface area contributed by atoms with E-state index in [4.69, 9.17) is 10.2 Å². The van der Waals surface area contributed by atoms with Crippen LogP contribution in [-0.4, -0.2) is 30.0 Å². The monoisotopic (exact) mass is 614 g/mol. The summed E-state index contributed by atoms with van der Waals surface area (Å²) in [5, 5.41) is 22.0. The molecule has 1 fully saturated rings. The summed E-state index contributed by atoms with van der Waals surface area (Å²) in [6.45, 7) is 4.34. The Balaban J connectivity index is 1.50. The molecule has 0 spiro atoms. The standard InChI is InChI=1S/C33H31FN4O3S2/c1-19(2)22-9-11-23(12-10-22)24-4-3-5-25(17-24)31-26(14-21-8-13-30(43(35)41)27(34)15-21)29(16-20-6-7-20)38(37-31)33-36-28(18-42-33)32(39)40/h3-5,8-13,15,17-20H,6-7,14,16,35H2,1-2H3,(H,39,40). The van der Waals surface area contributed by atoms with Crippen molar-refractivity contribution in [3.63, 3.8) is 0 Å². The average Bonchev–Trinajstić information content (AvgIpc) is 3.55. The highest BCUT2D eigenvalue weighted by Crippen LogP contribution is 2.39. The first kappa shape index (κ1) is 29.1. The fraction of sp³-hybridized carbons (Fsp3) is 0.242. The summed E-state index contributed by atoms with van der Waals surface area (Å²) in [6.07, 6.45) is 3.32. The zero-order valence-electron chi connectivity index (χ0n) is 23.8. The quantitative estimate of drug-likeness (QED) is 0.174. The highest BCUT2D eigenvalue weighted by atomic mass is 32.2. The van der Waals surface area contributed by atoms with Crippen molar-refractivity contribution in [1.82, 2.24) is 14.8 Å². The molecule has 5 aromatic rings. The van der Waals surface area contributed by atoms with E-state index in [1.165, 1.54) is 34.4 Å². The number of thiazole rings is 1. The highest BCUT2D eigenvalue weighted by Gasteiger charge is 2.29. The highest BCUT2D eigenvalue weighted by molar-refractivity contribution is 7.82. The molecule has 220 valence electrons. The van der Waals surface area contributed by atoms with Crippen LogP contribution in [-0.2, 0) is 23.8 Å². The van der Waals surface area contributed by atoms with Crippen molar-refractivity contribution in [2.24, 2.45) is 11.1 Å². The lowest BCUT2D eigenvalue weighted by molar-refractivity contribution is 0.0691. The molecule has 6 rings (SSSR count). The third-order valence-electron chi connectivity index (χ3n) is 7.80. The molecule has 0 amide bonds. The molecular weight excluding hydrogens is 584 g/mol. The Morgan fingerprint density at radius 3 is 2.47 bits per heavy atom. The van der Waals surface area contributed by atoms with Gasteiger partial charge in [-0.3, -0.25) is 0 Å². The van der Waals surface area contributed by atoms with Gasteiger partial charge in [-0.25, -0.2) is 28.2 Å². The summed E-state index contributed by atoms with van der Waals surface area (Å²) in [7, 11) is -1.93. The van der Waals surface area contributed by atoms with Crippen molar-refractivity contribution in [1.29, 1.82) is 0 Å². The summed E-state index contributed by atoms with van der Waals surface area (Å²) in [4.78, 5) is 16.0. The van der Waals surface area contributed by atoms with Crippen LogP contribution in [0.4, 0.5) is 4.39 Å². The molecule has 0 aliphatic heterocycles. The van der Waals surface area contributed by atoms with Crippen LogP contribution >= 0.6 is 11.3 Å². The predicted octanol–water partition coefficient (Wildman–Crippen LogP) is 7.15. The Hall–Kier alpha value is -3.99. The van der Waals surface area contributed by atoms with Gasteiger partial charge in [0.25, 0.3) is 0 Å². The number of hydrogen-bond acceptors (Lipinski definition) is 5. The number of carboxylic acid groups (broad SMARTS) is 1. The second-order valence-electron chi connectivity index (χ2n) is 11.3. The summed E-state index contributed by atoms with van der Waals surface area (Å²) in [5.74, 6) is -0.782. The Morgan fingerprint density at radius 2 is 1.84 bits per heavy atom. The number of halogens is 1. The fourth-order valence-electron chi connectivity index (χ4n) is 5.25. The summed E-state index contributed by atoms with van der Waals surface area (Å²) >= 11 is 1.23. The van der Waals surface area contributed by atoms with E-state index in [-0.39, 0.29) is 10.6 Å². The summed E-state index contributed by atoms with van der Waals surface area (Å²) in [6, 6.07) is 21.3. The van der Waals surface area contributed by atoms with Gasteiger partial charge in [0.1, 0.15) is 16.8 Å². The second kappa shape index (κ2) is 11.9. The lowest BCUT2D eigenvalue weighted by Gasteiger charge is -2.11. The van der Waals surface area contributed by atoms with E-state index in [9.17, 15) is 18.5 Å². The van der Waals surface area contributed by atoms with Crippen LogP contribution in [0, 0.1) is 11.7 Å². The molecule has 1 saturated carbocycles. The molecule has 0 saturated heterocycles. The van der Waals surface area contributed by atoms with E-state index in [0.717, 1.165) is 52.9 Å². The van der Waals surface area contributed by atoms with E-state index in [1.54, 1.807) is 10.7 Å². The molecule has 3 aromatic carbocycles. The lowest BCUT2D eigenvalue weighted by atomic mass is 9.94. The number of nitrogens with two attached hydrogens (primary N) is 1. The van der Waals surface area contributed by atoms with Gasteiger partial charge < -0.3 is 5.11 Å². The maximum Gasteiger partial charge on any atom is 0.355 e. The van der Waals surface area contributed by atoms with Crippen LogP contribution in [0.25, 0.3) is 27.5 Å². The van der Waals surface area contributed by atoms with E-state index in [1.807, 2.05) is 12.1 Å². The number of benzene rings is 3. The Labute approximate surface area is 255 Å². The third kappa shape index (κ3) is 6.22. The summed E-state index contributed by atoms with van der Waals surface area (Å²) < 4.78 is 28.4. The first-order valence-electron chi connectivity index (χ1n) is 14.1. The van der Waals surface area contributed by atoms with Gasteiger partial charge >= 0.3 is 5.97 Å². The van der Waals surface area contributed by atoms with E-state index < -0.39 is 22.8 Å². The number of nitrogens with zero attached hydrogens (tertiary/aromatic N) is 3. The van der Waals surface area contributed by atoms with Gasteiger partial charge in [0.2, 0.25) is 5.13 Å². The molecule has 1 atom stereocenters. The SMILES string of the molecule is CC(C)c1ccc(-c2cccc(-c3nn(-c4nc(C(=O)O)cs4)c(CC4CC4)c3Cc3ccc(S(N)=O)c(F)c3)c2)cc1. The lowest BCUT2D eigenvalue weighted by Crippen LogP contribution is -2.07. The minimum absolute atomic E-state index is 0.0322. The van der Waals surface area contributed by atoms with Gasteiger partial charge in [0.15, 0.2) is 5.69 Å². The number of rotatable bonds is 10. The van der Waals surface area contributed by atoms with E-state index >= 15 is 0 Å². The van der Waals surface area contributed by atoms with Gasteiger partial charge in [0.05, 0.1) is 16.3 Å². The molecule has 2 heterocycles. The molecule has 1 aliphatic rings. The number of carboxylic acids is 1. The number of aromatic carboxylic acids is 1. The first-order valence-corrected chi connectivity index (χ1v) is 16.2. The van der Waals surface area contributed by atoms with Crippen molar-refractivity contribution in [2.45, 2.75) is 50.3 Å². The molecule has 43 heavy (non-hydrogen) atoms. The molecule has 3 N–H and O–H groups in total. The van der Waals surface area contributed by atoms with Gasteiger partial charge in [0, 0.05) is 22.9 Å². The van der Waals surface area contributed by atoms with Crippen LogP contribution in [0.15, 0.2) is 77.0 Å². The second-order valence-corrected chi connectivity index (χ2v) is 13.1. The molecule has 10 heteroatoms. The summed E-state index contributed by atoms with van der Waals surface area (Å²) in [5.41, 5.74) is 7.54. The molecule has 2 aromatic heterocycles. The zero-order valence-corrected chi connectivity index (χ0v) is 25.4. The molecule has 1 aliphatic carbocycles. The van der Waals surface area contributed by atoms with Gasteiger partial charge in [-0.2, -0.15) is 5.10 Å². The van der Waals surface area contributed by atoms with Crippen LogP contribution in [0.2, 0.25) is 0 Å². The van der Waals surface area contributed by atoms with Crippen LogP contribution in [0.1, 0.15) is 65.5 Å². The van der Waals surface area contributed by atoms with Crippen LogP contribution < -0.4 is 5.14 Å². The molecule has 0 bridgehead atoms. The number of aromatic nitrogens is 3. The number of hydrogen-bond donors (Lipinski definition) is 2. The number of carbonyl (C=O) groups is 1. The van der Waals surface area contributed by atoms with Crippen molar-refractivity contribution in [2.75, 3.05) is 0 Å². The molecule has 0 radical (unpaired) electrons. The maximum atomic E-state index is 14.9. The van der Waals surface area contributed by atoms with Crippen molar-refractivity contribution in [3.8, 4) is 27.5 Å². The Kier molecular flexibility index (Phi) is 8.09. The Bertz CT molecular complexity index is 1840. The average molecular weight is 615 g/mol. The predicted molar refractivity (Wildman–Crippen MR) is 167 cm³/mol. The van der Waals surface area contributed by atoms with Gasteiger partial charge in [-0.1, -0.05) is 62.4 Å². The van der Waals surface area contributed by atoms with Crippen LogP contribution in [0.3, 0.4) is 0 Å². The molecule has 1 unspecified atom stereocenters. The van der Waals surface area contributed by atoms with Gasteiger partial charge in [-0.15, -0.1) is 11.3 Å². The first-order chi connectivity index (χ1) is 20.7. The zero-order chi connectivity index (χ0) is 30.2. The third-order valence-corrected chi connectivity index (χ3v) is 9.38. The Morgan fingerprint density at radius 1 is 1.09 bits per heavy atom. The molecular formula is C33H31FN4O3S2. The van der Waals surface area contributed by atoms with Crippen LogP contribution in [0.5, 0.6) is 0 Å². The van der Waals surface area contributed by atoms with E-state index in [0.29, 0.717) is 29.0 Å². The topological polar surface area (TPSA) is 111 Å². The fourth-order valence-corrected chi connectivity index (χ4v) is 6.48. The molecule has 7 nitrogen and oxygen atoms in total.